The van der Waals surface area contributed by atoms with Crippen molar-refractivity contribution in [3.63, 3.8) is 0 Å². The normalized spacial score (nSPS) is 16.0. The van der Waals surface area contributed by atoms with Gasteiger partial charge >= 0.3 is 0 Å². The van der Waals surface area contributed by atoms with E-state index in [9.17, 15) is 4.39 Å². The van der Waals surface area contributed by atoms with Crippen LogP contribution in [-0.2, 0) is 6.42 Å². The predicted octanol–water partition coefficient (Wildman–Crippen LogP) is 3.79. The molecule has 32 heavy (non-hydrogen) atoms. The molecule has 0 saturated carbocycles. The molecule has 4 rings (SSSR count). The summed E-state index contributed by atoms with van der Waals surface area (Å²) in [5, 5.41) is 6.73. The van der Waals surface area contributed by atoms with Gasteiger partial charge in [0, 0.05) is 50.9 Å². The van der Waals surface area contributed by atoms with Crippen LogP contribution < -0.4 is 15.5 Å². The number of hydrogen-bond acceptors (Lipinski definition) is 5. The van der Waals surface area contributed by atoms with Gasteiger partial charge in [-0.15, -0.1) is 24.0 Å². The maximum absolute atomic E-state index is 14.0. The van der Waals surface area contributed by atoms with E-state index in [4.69, 9.17) is 4.42 Å². The molecule has 2 N–H and O–H groups in total. The molecule has 7 nitrogen and oxygen atoms in total. The first kappa shape index (κ1) is 24.0. The first-order valence-corrected chi connectivity index (χ1v) is 10.5. The van der Waals surface area contributed by atoms with Gasteiger partial charge in [-0.3, -0.25) is 4.99 Å². The summed E-state index contributed by atoms with van der Waals surface area (Å²) in [7, 11) is 1.74. The number of guanidine groups is 1. The Hall–Kier alpha value is -2.69. The second-order valence-corrected chi connectivity index (χ2v) is 7.64. The van der Waals surface area contributed by atoms with Gasteiger partial charge in [-0.2, -0.15) is 0 Å². The Morgan fingerprint density at radius 3 is 2.84 bits per heavy atom. The van der Waals surface area contributed by atoms with Gasteiger partial charge in [0.2, 0.25) is 5.89 Å². The molecule has 3 heterocycles. The van der Waals surface area contributed by atoms with Crippen molar-refractivity contribution in [2.75, 3.05) is 31.6 Å². The Bertz CT molecular complexity index is 1040. The molecule has 9 heteroatoms. The van der Waals surface area contributed by atoms with E-state index in [1.165, 1.54) is 11.6 Å². The van der Waals surface area contributed by atoms with E-state index in [0.29, 0.717) is 31.2 Å². The zero-order valence-corrected chi connectivity index (χ0v) is 20.5. The number of anilines is 1. The van der Waals surface area contributed by atoms with E-state index >= 15 is 0 Å². The third-order valence-electron chi connectivity index (χ3n) is 5.32. The highest BCUT2D eigenvalue weighted by molar-refractivity contribution is 14.0. The van der Waals surface area contributed by atoms with Gasteiger partial charge in [-0.1, -0.05) is 17.7 Å². The molecule has 0 spiro atoms. The van der Waals surface area contributed by atoms with E-state index in [1.54, 1.807) is 25.6 Å². The minimum atomic E-state index is -0.289. The summed E-state index contributed by atoms with van der Waals surface area (Å²) in [4.78, 5) is 15.0. The van der Waals surface area contributed by atoms with E-state index in [-0.39, 0.29) is 35.8 Å². The van der Waals surface area contributed by atoms with Crippen molar-refractivity contribution in [3.05, 3.63) is 65.9 Å². The van der Waals surface area contributed by atoms with Crippen molar-refractivity contribution in [2.45, 2.75) is 25.8 Å². The fourth-order valence-electron chi connectivity index (χ4n) is 3.63. The Balaban J connectivity index is 0.00000289. The first-order chi connectivity index (χ1) is 15.1. The largest absolute Gasteiger partial charge is 0.444 e. The van der Waals surface area contributed by atoms with Crippen molar-refractivity contribution in [2.24, 2.45) is 4.99 Å². The molecule has 3 aromatic rings. The molecule has 0 amide bonds. The van der Waals surface area contributed by atoms with Crippen molar-refractivity contribution < 1.29 is 8.81 Å². The number of aryl methyl sites for hydroxylation is 1. The number of hydrogen-bond donors (Lipinski definition) is 2. The maximum Gasteiger partial charge on any atom is 0.226 e. The summed E-state index contributed by atoms with van der Waals surface area (Å²) in [6.45, 7) is 4.16. The summed E-state index contributed by atoms with van der Waals surface area (Å²) in [5.74, 6) is 1.47. The van der Waals surface area contributed by atoms with Crippen LogP contribution in [0.4, 0.5) is 10.2 Å². The zero-order valence-electron chi connectivity index (χ0n) is 18.2. The van der Waals surface area contributed by atoms with E-state index < -0.39 is 0 Å². The van der Waals surface area contributed by atoms with Crippen LogP contribution in [0, 0.1) is 12.7 Å². The number of oxazole rings is 1. The lowest BCUT2D eigenvalue weighted by atomic mass is 10.1. The van der Waals surface area contributed by atoms with Gasteiger partial charge < -0.3 is 20.0 Å². The summed E-state index contributed by atoms with van der Waals surface area (Å²) in [5.41, 5.74) is 3.06. The third kappa shape index (κ3) is 5.96. The topological polar surface area (TPSA) is 78.6 Å². The third-order valence-corrected chi connectivity index (χ3v) is 5.32. The molecule has 1 atom stereocenters. The standard InChI is InChI=1S/C23H27FN6O.HI/c1-16-5-7-17(8-6-16)22-28-19(15-31-22)9-12-27-23(25-2)29-18-10-13-30(14-18)21-20(24)4-3-11-26-21;/h3-8,11,15,18H,9-10,12-14H2,1-2H3,(H2,25,27,29);1H. The van der Waals surface area contributed by atoms with E-state index in [1.807, 2.05) is 29.2 Å². The van der Waals surface area contributed by atoms with Gasteiger partial charge in [0.25, 0.3) is 0 Å². The van der Waals surface area contributed by atoms with Gasteiger partial charge in [-0.05, 0) is 37.6 Å². The first-order valence-electron chi connectivity index (χ1n) is 10.5. The molecule has 1 aliphatic heterocycles. The second-order valence-electron chi connectivity index (χ2n) is 7.64. The minimum absolute atomic E-state index is 0. The molecule has 1 aliphatic rings. The number of nitrogens with zero attached hydrogens (tertiary/aromatic N) is 4. The van der Waals surface area contributed by atoms with Gasteiger partial charge in [-0.25, -0.2) is 14.4 Å². The lowest BCUT2D eigenvalue weighted by Gasteiger charge is -2.19. The van der Waals surface area contributed by atoms with E-state index in [0.717, 1.165) is 30.2 Å². The summed E-state index contributed by atoms with van der Waals surface area (Å²) in [6.07, 6.45) is 4.92. The number of nitrogens with one attached hydrogen (secondary N) is 2. The number of aliphatic imine (C=N–C) groups is 1. The molecule has 0 bridgehead atoms. The summed E-state index contributed by atoms with van der Waals surface area (Å²) < 4.78 is 19.6. The quantitative estimate of drug-likeness (QED) is 0.277. The summed E-state index contributed by atoms with van der Waals surface area (Å²) >= 11 is 0. The number of halogens is 2. The molecule has 0 aliphatic carbocycles. The Morgan fingerprint density at radius 2 is 2.09 bits per heavy atom. The molecular weight excluding hydrogens is 522 g/mol. The van der Waals surface area contributed by atoms with Gasteiger partial charge in [0.15, 0.2) is 17.6 Å². The highest BCUT2D eigenvalue weighted by Crippen LogP contribution is 2.21. The van der Waals surface area contributed by atoms with Crippen molar-refractivity contribution in [3.8, 4) is 11.5 Å². The summed E-state index contributed by atoms with van der Waals surface area (Å²) in [6, 6.07) is 11.3. The lowest BCUT2D eigenvalue weighted by molar-refractivity contribution is 0.572. The van der Waals surface area contributed by atoms with Gasteiger partial charge in [0.1, 0.15) is 6.26 Å². The molecule has 1 saturated heterocycles. The molecule has 1 fully saturated rings. The highest BCUT2D eigenvalue weighted by atomic mass is 127. The number of aromatic nitrogens is 2. The highest BCUT2D eigenvalue weighted by Gasteiger charge is 2.25. The van der Waals surface area contributed by atoms with Crippen molar-refractivity contribution in [1.29, 1.82) is 0 Å². The Morgan fingerprint density at radius 1 is 1.28 bits per heavy atom. The van der Waals surface area contributed by atoms with Crippen LogP contribution in [0.5, 0.6) is 0 Å². The fraction of sp³-hybridized carbons (Fsp3) is 0.348. The molecule has 2 aromatic heterocycles. The van der Waals surface area contributed by atoms with Crippen LogP contribution in [0.25, 0.3) is 11.5 Å². The Kier molecular flexibility index (Phi) is 8.43. The number of rotatable bonds is 6. The van der Waals surface area contributed by atoms with Crippen LogP contribution in [0.2, 0.25) is 0 Å². The molecule has 1 unspecified atom stereocenters. The molecular formula is C23H28FIN6O. The molecule has 0 radical (unpaired) electrons. The van der Waals surface area contributed by atoms with Crippen LogP contribution in [0.1, 0.15) is 17.7 Å². The zero-order chi connectivity index (χ0) is 21.6. The van der Waals surface area contributed by atoms with Crippen LogP contribution in [-0.4, -0.2) is 48.7 Å². The monoisotopic (exact) mass is 550 g/mol. The number of pyridine rings is 1. The SMILES string of the molecule is CN=C(NCCc1coc(-c2ccc(C)cc2)n1)NC1CCN(c2ncccc2F)C1.I. The van der Waals surface area contributed by atoms with Crippen LogP contribution >= 0.6 is 24.0 Å². The fourth-order valence-corrected chi connectivity index (χ4v) is 3.63. The average molecular weight is 550 g/mol. The molecule has 1 aromatic carbocycles. The van der Waals surface area contributed by atoms with Crippen molar-refractivity contribution >= 4 is 35.8 Å². The smallest absolute Gasteiger partial charge is 0.226 e. The second kappa shape index (κ2) is 11.3. The number of benzene rings is 1. The van der Waals surface area contributed by atoms with Crippen LogP contribution in [0.15, 0.2) is 58.3 Å². The van der Waals surface area contributed by atoms with E-state index in [2.05, 4.69) is 32.5 Å². The maximum atomic E-state index is 14.0. The van der Waals surface area contributed by atoms with Crippen LogP contribution in [0.3, 0.4) is 0 Å². The lowest BCUT2D eigenvalue weighted by Crippen LogP contribution is -2.45. The predicted molar refractivity (Wildman–Crippen MR) is 135 cm³/mol. The molecule has 170 valence electrons. The average Bonchev–Trinajstić information content (AvgIpc) is 3.44. The Labute approximate surface area is 204 Å². The van der Waals surface area contributed by atoms with Gasteiger partial charge in [0.05, 0.1) is 5.69 Å². The minimum Gasteiger partial charge on any atom is -0.444 e. The van der Waals surface area contributed by atoms with Crippen molar-refractivity contribution in [1.82, 2.24) is 20.6 Å².